The minimum Gasteiger partial charge on any atom is -0.277 e. The number of carbonyl (C=O) groups excluding carboxylic acids is 3. The standard InChI is InChI=1S/C13H20N2O3/c1-2-9(8-6-4-3-5-7-8)10-11(16)14-13(18)15-12(10)17/h8-10H,2-7H2,1H3,(H2,14,15,16,17,18). The molecule has 1 saturated carbocycles. The molecular formula is C13H20N2O3. The lowest BCUT2D eigenvalue weighted by molar-refractivity contribution is -0.139. The summed E-state index contributed by atoms with van der Waals surface area (Å²) in [5.74, 6) is -1.07. The van der Waals surface area contributed by atoms with Crippen molar-refractivity contribution in [3.8, 4) is 0 Å². The topological polar surface area (TPSA) is 75.3 Å². The van der Waals surface area contributed by atoms with Crippen LogP contribution in [0.25, 0.3) is 0 Å². The molecule has 0 bridgehead atoms. The second kappa shape index (κ2) is 5.50. The summed E-state index contributed by atoms with van der Waals surface area (Å²) in [4.78, 5) is 34.8. The Labute approximate surface area is 107 Å². The monoisotopic (exact) mass is 252 g/mol. The molecule has 0 aromatic rings. The zero-order valence-corrected chi connectivity index (χ0v) is 10.7. The van der Waals surface area contributed by atoms with Crippen molar-refractivity contribution in [1.82, 2.24) is 10.6 Å². The number of imide groups is 2. The molecular weight excluding hydrogens is 232 g/mol. The van der Waals surface area contributed by atoms with Crippen molar-refractivity contribution in [1.29, 1.82) is 0 Å². The summed E-state index contributed by atoms with van der Waals surface area (Å²) in [7, 11) is 0. The van der Waals surface area contributed by atoms with Crippen LogP contribution in [0.5, 0.6) is 0 Å². The number of urea groups is 1. The van der Waals surface area contributed by atoms with E-state index in [-0.39, 0.29) is 5.92 Å². The third-order valence-corrected chi connectivity index (χ3v) is 4.19. The second-order valence-electron chi connectivity index (χ2n) is 5.26. The Bertz CT molecular complexity index is 341. The smallest absolute Gasteiger partial charge is 0.277 e. The maximum Gasteiger partial charge on any atom is 0.328 e. The molecule has 0 spiro atoms. The fourth-order valence-electron chi connectivity index (χ4n) is 3.32. The van der Waals surface area contributed by atoms with Crippen molar-refractivity contribution in [2.45, 2.75) is 45.4 Å². The van der Waals surface area contributed by atoms with Gasteiger partial charge >= 0.3 is 6.03 Å². The number of amides is 4. The molecule has 5 nitrogen and oxygen atoms in total. The molecule has 18 heavy (non-hydrogen) atoms. The Balaban J connectivity index is 2.12. The van der Waals surface area contributed by atoms with E-state index in [1.807, 2.05) is 6.92 Å². The molecule has 2 aliphatic rings. The summed E-state index contributed by atoms with van der Waals surface area (Å²) < 4.78 is 0. The number of hydrogen-bond acceptors (Lipinski definition) is 3. The number of carbonyl (C=O) groups is 3. The summed E-state index contributed by atoms with van der Waals surface area (Å²) in [6, 6.07) is -0.695. The molecule has 1 aliphatic carbocycles. The van der Waals surface area contributed by atoms with E-state index < -0.39 is 23.8 Å². The van der Waals surface area contributed by atoms with E-state index in [2.05, 4.69) is 10.6 Å². The van der Waals surface area contributed by atoms with E-state index in [1.54, 1.807) is 0 Å². The van der Waals surface area contributed by atoms with Crippen LogP contribution in [0.2, 0.25) is 0 Å². The van der Waals surface area contributed by atoms with Crippen molar-refractivity contribution >= 4 is 17.8 Å². The van der Waals surface area contributed by atoms with Gasteiger partial charge in [-0.15, -0.1) is 0 Å². The molecule has 2 rings (SSSR count). The first-order valence-electron chi connectivity index (χ1n) is 6.79. The van der Waals surface area contributed by atoms with Crippen LogP contribution in [0, 0.1) is 17.8 Å². The zero-order valence-electron chi connectivity index (χ0n) is 10.7. The number of barbiturate groups is 1. The Morgan fingerprint density at radius 2 is 1.61 bits per heavy atom. The largest absolute Gasteiger partial charge is 0.328 e. The minimum atomic E-state index is -0.698. The van der Waals surface area contributed by atoms with Gasteiger partial charge in [0.2, 0.25) is 11.8 Å². The molecule has 0 radical (unpaired) electrons. The van der Waals surface area contributed by atoms with Gasteiger partial charge in [-0.05, 0) is 11.8 Å². The van der Waals surface area contributed by atoms with Gasteiger partial charge < -0.3 is 0 Å². The summed E-state index contributed by atoms with van der Waals surface area (Å²) in [5.41, 5.74) is 0. The minimum absolute atomic E-state index is 0.0541. The van der Waals surface area contributed by atoms with Crippen LogP contribution >= 0.6 is 0 Å². The molecule has 1 atom stereocenters. The third kappa shape index (κ3) is 2.54. The van der Waals surface area contributed by atoms with Gasteiger partial charge in [0.1, 0.15) is 5.92 Å². The molecule has 1 unspecified atom stereocenters. The Morgan fingerprint density at radius 1 is 1.06 bits per heavy atom. The van der Waals surface area contributed by atoms with Gasteiger partial charge in [0.25, 0.3) is 0 Å². The van der Waals surface area contributed by atoms with Gasteiger partial charge in [-0.3, -0.25) is 20.2 Å². The van der Waals surface area contributed by atoms with E-state index in [1.165, 1.54) is 19.3 Å². The predicted molar refractivity (Wildman–Crippen MR) is 65.5 cm³/mol. The van der Waals surface area contributed by atoms with Crippen LogP contribution < -0.4 is 10.6 Å². The summed E-state index contributed by atoms with van der Waals surface area (Å²) in [6.45, 7) is 2.01. The Hall–Kier alpha value is -1.39. The molecule has 1 saturated heterocycles. The number of rotatable bonds is 3. The predicted octanol–water partition coefficient (Wildman–Crippen LogP) is 1.58. The summed E-state index contributed by atoms with van der Waals surface area (Å²) >= 11 is 0. The average Bonchev–Trinajstić information content (AvgIpc) is 2.34. The molecule has 0 aromatic heterocycles. The van der Waals surface area contributed by atoms with Crippen LogP contribution in [-0.4, -0.2) is 17.8 Å². The lowest BCUT2D eigenvalue weighted by Crippen LogP contribution is -2.58. The SMILES string of the molecule is CCC(C1CCCCC1)C1C(=O)NC(=O)NC1=O. The molecule has 1 aliphatic heterocycles. The van der Waals surface area contributed by atoms with Crippen molar-refractivity contribution < 1.29 is 14.4 Å². The van der Waals surface area contributed by atoms with E-state index in [0.717, 1.165) is 19.3 Å². The van der Waals surface area contributed by atoms with Crippen LogP contribution in [0.3, 0.4) is 0 Å². The lowest BCUT2D eigenvalue weighted by atomic mass is 9.72. The fourth-order valence-corrected chi connectivity index (χ4v) is 3.32. The van der Waals surface area contributed by atoms with Gasteiger partial charge in [0.05, 0.1) is 0 Å². The molecule has 1 heterocycles. The van der Waals surface area contributed by atoms with Crippen molar-refractivity contribution in [3.63, 3.8) is 0 Å². The van der Waals surface area contributed by atoms with Crippen LogP contribution in [0.4, 0.5) is 4.79 Å². The fraction of sp³-hybridized carbons (Fsp3) is 0.769. The van der Waals surface area contributed by atoms with Gasteiger partial charge in [-0.2, -0.15) is 0 Å². The van der Waals surface area contributed by atoms with E-state index in [9.17, 15) is 14.4 Å². The van der Waals surface area contributed by atoms with Crippen LogP contribution in [0.1, 0.15) is 45.4 Å². The molecule has 100 valence electrons. The van der Waals surface area contributed by atoms with Gasteiger partial charge in [0.15, 0.2) is 0 Å². The first kappa shape index (κ1) is 13.1. The number of hydrogen-bond donors (Lipinski definition) is 2. The first-order chi connectivity index (χ1) is 8.63. The third-order valence-electron chi connectivity index (χ3n) is 4.19. The molecule has 4 amide bonds. The Morgan fingerprint density at radius 3 is 2.11 bits per heavy atom. The van der Waals surface area contributed by atoms with Crippen molar-refractivity contribution in [2.75, 3.05) is 0 Å². The second-order valence-corrected chi connectivity index (χ2v) is 5.26. The first-order valence-corrected chi connectivity index (χ1v) is 6.79. The highest BCUT2D eigenvalue weighted by Gasteiger charge is 2.42. The quantitative estimate of drug-likeness (QED) is 0.749. The van der Waals surface area contributed by atoms with Gasteiger partial charge in [0, 0.05) is 0 Å². The maximum absolute atomic E-state index is 11.9. The maximum atomic E-state index is 11.9. The van der Waals surface area contributed by atoms with Crippen LogP contribution in [-0.2, 0) is 9.59 Å². The van der Waals surface area contributed by atoms with Gasteiger partial charge in [-0.25, -0.2) is 4.79 Å². The molecule has 2 N–H and O–H groups in total. The zero-order chi connectivity index (χ0) is 13.1. The molecule has 0 aromatic carbocycles. The highest BCUT2D eigenvalue weighted by atomic mass is 16.2. The highest BCUT2D eigenvalue weighted by molar-refractivity contribution is 6.16. The van der Waals surface area contributed by atoms with E-state index in [4.69, 9.17) is 0 Å². The molecule has 2 fully saturated rings. The summed E-state index contributed by atoms with van der Waals surface area (Å²) in [6.07, 6.45) is 6.57. The normalized spacial score (nSPS) is 24.6. The Kier molecular flexibility index (Phi) is 3.99. The number of nitrogens with one attached hydrogen (secondary N) is 2. The summed E-state index contributed by atoms with van der Waals surface area (Å²) in [5, 5.41) is 4.41. The van der Waals surface area contributed by atoms with Gasteiger partial charge in [-0.1, -0.05) is 45.4 Å². The highest BCUT2D eigenvalue weighted by Crippen LogP contribution is 2.36. The van der Waals surface area contributed by atoms with Crippen molar-refractivity contribution in [2.24, 2.45) is 17.8 Å². The lowest BCUT2D eigenvalue weighted by Gasteiger charge is -2.35. The van der Waals surface area contributed by atoms with E-state index >= 15 is 0 Å². The average molecular weight is 252 g/mol. The molecule has 5 heteroatoms. The van der Waals surface area contributed by atoms with Crippen molar-refractivity contribution in [3.05, 3.63) is 0 Å². The van der Waals surface area contributed by atoms with E-state index in [0.29, 0.717) is 5.92 Å². The van der Waals surface area contributed by atoms with Crippen LogP contribution in [0.15, 0.2) is 0 Å².